The molecule has 3 heterocycles. The molecule has 0 atom stereocenters. The van der Waals surface area contributed by atoms with Crippen LogP contribution in [0.1, 0.15) is 23.4 Å². The molecule has 1 fully saturated rings. The number of hydrogen-bond acceptors (Lipinski definition) is 6. The second-order valence-electron chi connectivity index (χ2n) is 5.80. The van der Waals surface area contributed by atoms with Gasteiger partial charge in [-0.2, -0.15) is 4.31 Å². The number of hydrogen-bond donors (Lipinski definition) is 1. The van der Waals surface area contributed by atoms with Gasteiger partial charge in [-0.15, -0.1) is 22.7 Å². The first-order chi connectivity index (χ1) is 11.4. The summed E-state index contributed by atoms with van der Waals surface area (Å²) in [5, 5.41) is 3.40. The molecule has 0 unspecified atom stereocenters. The minimum absolute atomic E-state index is 0.0128. The maximum Gasteiger partial charge on any atom is 0.252 e. The molecule has 0 saturated heterocycles. The van der Waals surface area contributed by atoms with Gasteiger partial charge in [0.15, 0.2) is 5.13 Å². The zero-order valence-corrected chi connectivity index (χ0v) is 15.7. The minimum atomic E-state index is -3.54. The molecular weight excluding hydrogens is 390 g/mol. The van der Waals surface area contributed by atoms with Gasteiger partial charge >= 0.3 is 0 Å². The van der Waals surface area contributed by atoms with Crippen LogP contribution in [0.25, 0.3) is 0 Å². The first-order valence-electron chi connectivity index (χ1n) is 7.48. The molecule has 2 aromatic heterocycles. The van der Waals surface area contributed by atoms with Crippen LogP contribution in [-0.4, -0.2) is 30.2 Å². The highest BCUT2D eigenvalue weighted by molar-refractivity contribution is 7.91. The number of fused-ring (bicyclic) bond motifs is 1. The lowest BCUT2D eigenvalue weighted by molar-refractivity contribution is -0.117. The molecule has 10 heteroatoms. The molecule has 0 bridgehead atoms. The van der Waals surface area contributed by atoms with Crippen molar-refractivity contribution in [3.8, 4) is 0 Å². The fraction of sp³-hybridized carbons (Fsp3) is 0.429. The first-order valence-corrected chi connectivity index (χ1v) is 10.9. The van der Waals surface area contributed by atoms with Crippen molar-refractivity contribution in [1.82, 2.24) is 9.29 Å². The molecule has 1 N–H and O–H groups in total. The lowest BCUT2D eigenvalue weighted by Crippen LogP contribution is -2.35. The highest BCUT2D eigenvalue weighted by Gasteiger charge is 2.33. The number of carbonyl (C=O) groups is 1. The van der Waals surface area contributed by atoms with Crippen molar-refractivity contribution in [2.24, 2.45) is 5.92 Å². The summed E-state index contributed by atoms with van der Waals surface area (Å²) in [6.45, 7) is 0.661. The Morgan fingerprint density at radius 2 is 2.12 bits per heavy atom. The Bertz CT molecular complexity index is 902. The van der Waals surface area contributed by atoms with Crippen molar-refractivity contribution >= 4 is 55.3 Å². The van der Waals surface area contributed by atoms with Gasteiger partial charge in [-0.25, -0.2) is 13.4 Å². The maximum atomic E-state index is 12.7. The van der Waals surface area contributed by atoms with Crippen molar-refractivity contribution in [3.05, 3.63) is 27.0 Å². The van der Waals surface area contributed by atoms with Gasteiger partial charge in [-0.05, 0) is 25.0 Å². The van der Waals surface area contributed by atoms with Crippen LogP contribution >= 0.6 is 34.3 Å². The van der Waals surface area contributed by atoms with Crippen molar-refractivity contribution in [3.63, 3.8) is 0 Å². The van der Waals surface area contributed by atoms with Crippen LogP contribution in [0.3, 0.4) is 0 Å². The predicted molar refractivity (Wildman–Crippen MR) is 94.1 cm³/mol. The molecule has 24 heavy (non-hydrogen) atoms. The van der Waals surface area contributed by atoms with E-state index in [1.807, 2.05) is 0 Å². The summed E-state index contributed by atoms with van der Waals surface area (Å²) in [6.07, 6.45) is 2.42. The number of carbonyl (C=O) groups excluding carboxylic acids is 1. The first kappa shape index (κ1) is 16.5. The number of nitrogens with one attached hydrogen (secondary N) is 1. The third-order valence-corrected chi connectivity index (χ3v) is 8.56. The highest BCUT2D eigenvalue weighted by Crippen LogP contribution is 2.35. The second-order valence-corrected chi connectivity index (χ2v) is 10.8. The van der Waals surface area contributed by atoms with E-state index < -0.39 is 10.0 Å². The van der Waals surface area contributed by atoms with Gasteiger partial charge in [0, 0.05) is 23.8 Å². The van der Waals surface area contributed by atoms with Crippen LogP contribution in [0.5, 0.6) is 0 Å². The van der Waals surface area contributed by atoms with E-state index in [-0.39, 0.29) is 22.6 Å². The minimum Gasteiger partial charge on any atom is -0.302 e. The number of anilines is 1. The van der Waals surface area contributed by atoms with Crippen molar-refractivity contribution in [2.75, 3.05) is 11.9 Å². The summed E-state index contributed by atoms with van der Waals surface area (Å²) >= 11 is 8.27. The van der Waals surface area contributed by atoms with E-state index in [1.54, 1.807) is 6.07 Å². The maximum absolute atomic E-state index is 12.7. The molecule has 2 aromatic rings. The molecule has 1 saturated carbocycles. The molecule has 6 nitrogen and oxygen atoms in total. The lowest BCUT2D eigenvalue weighted by Gasteiger charge is -2.24. The summed E-state index contributed by atoms with van der Waals surface area (Å²) in [5.74, 6) is 0.130. The van der Waals surface area contributed by atoms with E-state index in [0.717, 1.165) is 34.7 Å². The molecule has 0 radical (unpaired) electrons. The molecule has 0 spiro atoms. The SMILES string of the molecule is O=C(Nc1nc2c(s1)CN(S(=O)(=O)c1ccc(Cl)s1)CC2)C1CC1. The van der Waals surface area contributed by atoms with Gasteiger partial charge in [-0.1, -0.05) is 11.6 Å². The normalized spacial score (nSPS) is 18.4. The number of aromatic nitrogens is 1. The van der Waals surface area contributed by atoms with Gasteiger partial charge < -0.3 is 5.32 Å². The summed E-state index contributed by atoms with van der Waals surface area (Å²) in [6, 6.07) is 3.12. The Morgan fingerprint density at radius 3 is 2.79 bits per heavy atom. The third kappa shape index (κ3) is 3.11. The quantitative estimate of drug-likeness (QED) is 0.851. The molecule has 2 aliphatic rings. The van der Waals surface area contributed by atoms with Gasteiger partial charge in [-0.3, -0.25) is 4.79 Å². The van der Waals surface area contributed by atoms with E-state index >= 15 is 0 Å². The van der Waals surface area contributed by atoms with Gasteiger partial charge in [0.2, 0.25) is 5.91 Å². The number of sulfonamides is 1. The van der Waals surface area contributed by atoms with E-state index in [9.17, 15) is 13.2 Å². The lowest BCUT2D eigenvalue weighted by atomic mass is 10.2. The number of thiophene rings is 1. The van der Waals surface area contributed by atoms with Crippen LogP contribution in [0.15, 0.2) is 16.3 Å². The van der Waals surface area contributed by atoms with Crippen LogP contribution in [-0.2, 0) is 27.8 Å². The fourth-order valence-corrected chi connectivity index (χ4v) is 6.70. The number of halogens is 1. The van der Waals surface area contributed by atoms with Crippen molar-refractivity contribution < 1.29 is 13.2 Å². The number of amides is 1. The topological polar surface area (TPSA) is 79.4 Å². The summed E-state index contributed by atoms with van der Waals surface area (Å²) < 4.78 is 27.5. The fourth-order valence-electron chi connectivity index (χ4n) is 2.55. The Kier molecular flexibility index (Phi) is 4.16. The number of nitrogens with zero attached hydrogens (tertiary/aromatic N) is 2. The molecule has 1 aliphatic heterocycles. The molecule has 128 valence electrons. The zero-order valence-electron chi connectivity index (χ0n) is 12.5. The summed E-state index contributed by atoms with van der Waals surface area (Å²) in [5.41, 5.74) is 0.877. The van der Waals surface area contributed by atoms with Crippen LogP contribution < -0.4 is 5.32 Å². The van der Waals surface area contributed by atoms with Gasteiger partial charge in [0.25, 0.3) is 10.0 Å². The summed E-state index contributed by atoms with van der Waals surface area (Å²) in [4.78, 5) is 17.2. The Labute approximate surface area is 152 Å². The molecule has 1 aliphatic carbocycles. The standard InChI is InChI=1S/C14H14ClN3O3S3/c15-11-3-4-12(23-11)24(20,21)18-6-5-9-10(7-18)22-14(16-9)17-13(19)8-1-2-8/h3-4,8H,1-2,5-7H2,(H,16,17,19). The monoisotopic (exact) mass is 403 g/mol. The van der Waals surface area contributed by atoms with Gasteiger partial charge in [0.1, 0.15) is 4.21 Å². The Morgan fingerprint density at radius 1 is 1.33 bits per heavy atom. The van der Waals surface area contributed by atoms with Crippen molar-refractivity contribution in [2.45, 2.75) is 30.0 Å². The molecule has 1 amide bonds. The average Bonchev–Trinajstić information content (AvgIpc) is 3.18. The number of thiazole rings is 1. The molecule has 0 aromatic carbocycles. The van der Waals surface area contributed by atoms with E-state index in [2.05, 4.69) is 10.3 Å². The Hall–Kier alpha value is -1.000. The zero-order chi connectivity index (χ0) is 16.9. The van der Waals surface area contributed by atoms with E-state index in [4.69, 9.17) is 11.6 Å². The summed E-state index contributed by atoms with van der Waals surface area (Å²) in [7, 11) is -3.54. The van der Waals surface area contributed by atoms with Crippen LogP contribution in [0, 0.1) is 5.92 Å². The average molecular weight is 404 g/mol. The molecular formula is C14H14ClN3O3S3. The van der Waals surface area contributed by atoms with Crippen LogP contribution in [0.4, 0.5) is 5.13 Å². The largest absolute Gasteiger partial charge is 0.302 e. The van der Waals surface area contributed by atoms with Crippen LogP contribution in [0.2, 0.25) is 4.34 Å². The Balaban J connectivity index is 1.53. The van der Waals surface area contributed by atoms with Crippen molar-refractivity contribution in [1.29, 1.82) is 0 Å². The number of rotatable bonds is 4. The molecule has 4 rings (SSSR count). The van der Waals surface area contributed by atoms with E-state index in [1.165, 1.54) is 21.7 Å². The second kappa shape index (κ2) is 6.06. The smallest absolute Gasteiger partial charge is 0.252 e. The predicted octanol–water partition coefficient (Wildman–Crippen LogP) is 2.95. The van der Waals surface area contributed by atoms with Gasteiger partial charge in [0.05, 0.1) is 16.6 Å². The highest BCUT2D eigenvalue weighted by atomic mass is 35.5. The third-order valence-electron chi connectivity index (χ3n) is 4.02. The van der Waals surface area contributed by atoms with E-state index in [0.29, 0.717) is 22.4 Å².